The number of unbranched alkanes of at least 4 members (excludes halogenated alkanes) is 2. The lowest BCUT2D eigenvalue weighted by Crippen LogP contribution is -2.48. The molecule has 0 radical (unpaired) electrons. The average molecular weight is 303 g/mol. The summed E-state index contributed by atoms with van der Waals surface area (Å²) in [5, 5.41) is 4.96. The quantitative estimate of drug-likeness (QED) is 0.337. The fourth-order valence-corrected chi connectivity index (χ4v) is 1.91. The molecule has 2 unspecified atom stereocenters. The highest BCUT2D eigenvalue weighted by molar-refractivity contribution is 7.80. The summed E-state index contributed by atoms with van der Waals surface area (Å²) >= 11 is 3.98. The van der Waals surface area contributed by atoms with Crippen LogP contribution in [-0.2, 0) is 14.4 Å². The molecule has 2 amide bonds. The normalized spacial score (nSPS) is 13.4. The molecule has 0 aliphatic rings. The van der Waals surface area contributed by atoms with Gasteiger partial charge in [-0.2, -0.15) is 12.6 Å². The lowest BCUT2D eigenvalue weighted by molar-refractivity contribution is -0.128. The lowest BCUT2D eigenvalue weighted by atomic mass is 10.1. The number of hydrogen-bond donors (Lipinski definition) is 4. The van der Waals surface area contributed by atoms with E-state index in [2.05, 4.69) is 30.2 Å². The first-order valence-electron chi connectivity index (χ1n) is 6.86. The van der Waals surface area contributed by atoms with E-state index in [4.69, 9.17) is 5.73 Å². The molecule has 0 saturated heterocycles. The first kappa shape index (κ1) is 18.9. The molecule has 7 heteroatoms. The van der Waals surface area contributed by atoms with Gasteiger partial charge < -0.3 is 16.4 Å². The van der Waals surface area contributed by atoms with Gasteiger partial charge in [-0.15, -0.1) is 0 Å². The monoisotopic (exact) mass is 303 g/mol. The van der Waals surface area contributed by atoms with Gasteiger partial charge in [0.1, 0.15) is 0 Å². The van der Waals surface area contributed by atoms with Crippen LogP contribution in [0.25, 0.3) is 0 Å². The number of rotatable bonds is 10. The zero-order chi connectivity index (χ0) is 15.5. The smallest absolute Gasteiger partial charge is 0.240 e. The van der Waals surface area contributed by atoms with Crippen molar-refractivity contribution in [1.82, 2.24) is 10.6 Å². The maximum Gasteiger partial charge on any atom is 0.240 e. The van der Waals surface area contributed by atoms with Crippen molar-refractivity contribution in [2.45, 2.75) is 51.6 Å². The molecule has 0 heterocycles. The van der Waals surface area contributed by atoms with E-state index in [9.17, 15) is 14.4 Å². The van der Waals surface area contributed by atoms with Gasteiger partial charge in [-0.25, -0.2) is 0 Å². The number of nitrogens with one attached hydrogen (secondary N) is 2. The van der Waals surface area contributed by atoms with Crippen LogP contribution in [0.4, 0.5) is 0 Å². The van der Waals surface area contributed by atoms with Crippen LogP contribution in [-0.4, -0.2) is 42.0 Å². The SMILES string of the molecule is CCCCCC(N)C(=O)NCC(=O)NC(CS)C(C)=O. The van der Waals surface area contributed by atoms with Gasteiger partial charge in [0.15, 0.2) is 5.78 Å². The topological polar surface area (TPSA) is 101 Å². The maximum absolute atomic E-state index is 11.6. The number of hydrogen-bond acceptors (Lipinski definition) is 5. The Bertz CT molecular complexity index is 337. The van der Waals surface area contributed by atoms with E-state index in [1.807, 2.05) is 0 Å². The Hall–Kier alpha value is -1.08. The van der Waals surface area contributed by atoms with E-state index in [-0.39, 0.29) is 24.0 Å². The number of thiol groups is 1. The van der Waals surface area contributed by atoms with Crippen molar-refractivity contribution in [3.8, 4) is 0 Å². The van der Waals surface area contributed by atoms with Crippen LogP contribution in [0.15, 0.2) is 0 Å². The van der Waals surface area contributed by atoms with Crippen molar-refractivity contribution in [2.24, 2.45) is 5.73 Å². The fraction of sp³-hybridized carbons (Fsp3) is 0.769. The second-order valence-electron chi connectivity index (χ2n) is 4.73. The average Bonchev–Trinajstić information content (AvgIpc) is 2.41. The molecule has 0 aliphatic heterocycles. The largest absolute Gasteiger partial charge is 0.346 e. The van der Waals surface area contributed by atoms with E-state index in [0.717, 1.165) is 19.3 Å². The van der Waals surface area contributed by atoms with Gasteiger partial charge in [-0.1, -0.05) is 26.2 Å². The third kappa shape index (κ3) is 8.16. The molecule has 20 heavy (non-hydrogen) atoms. The molecule has 0 aromatic rings. The van der Waals surface area contributed by atoms with Gasteiger partial charge in [0, 0.05) is 5.75 Å². The van der Waals surface area contributed by atoms with Crippen molar-refractivity contribution in [2.75, 3.05) is 12.3 Å². The molecule has 0 aliphatic carbocycles. The van der Waals surface area contributed by atoms with Crippen molar-refractivity contribution in [1.29, 1.82) is 0 Å². The van der Waals surface area contributed by atoms with Crippen LogP contribution >= 0.6 is 12.6 Å². The molecular weight excluding hydrogens is 278 g/mol. The summed E-state index contributed by atoms with van der Waals surface area (Å²) in [7, 11) is 0. The summed E-state index contributed by atoms with van der Waals surface area (Å²) in [5.41, 5.74) is 5.71. The van der Waals surface area contributed by atoms with E-state index in [1.54, 1.807) is 0 Å². The van der Waals surface area contributed by atoms with Crippen LogP contribution < -0.4 is 16.4 Å². The predicted octanol–water partition coefficient (Wildman–Crippen LogP) is 0.0138. The minimum absolute atomic E-state index is 0.170. The molecule has 0 saturated carbocycles. The highest BCUT2D eigenvalue weighted by Gasteiger charge is 2.17. The Balaban J connectivity index is 3.98. The maximum atomic E-state index is 11.6. The van der Waals surface area contributed by atoms with Crippen LogP contribution in [0.2, 0.25) is 0 Å². The van der Waals surface area contributed by atoms with Crippen LogP contribution in [0.1, 0.15) is 39.5 Å². The van der Waals surface area contributed by atoms with Gasteiger partial charge in [0.2, 0.25) is 11.8 Å². The van der Waals surface area contributed by atoms with Gasteiger partial charge in [-0.3, -0.25) is 14.4 Å². The lowest BCUT2D eigenvalue weighted by Gasteiger charge is -2.15. The van der Waals surface area contributed by atoms with Crippen LogP contribution in [0.5, 0.6) is 0 Å². The molecule has 0 spiro atoms. The van der Waals surface area contributed by atoms with Crippen molar-refractivity contribution >= 4 is 30.2 Å². The Kier molecular flexibility index (Phi) is 10.1. The molecule has 2 atom stereocenters. The number of carbonyl (C=O) groups excluding carboxylic acids is 3. The summed E-state index contributed by atoms with van der Waals surface area (Å²) in [6.45, 7) is 3.27. The first-order chi connectivity index (χ1) is 9.42. The number of carbonyl (C=O) groups is 3. The Morgan fingerprint density at radius 2 is 1.90 bits per heavy atom. The zero-order valence-electron chi connectivity index (χ0n) is 12.1. The number of nitrogens with two attached hydrogens (primary N) is 1. The summed E-state index contributed by atoms with van der Waals surface area (Å²) in [5.74, 6) is -0.711. The fourth-order valence-electron chi connectivity index (χ4n) is 1.57. The summed E-state index contributed by atoms with van der Waals surface area (Å²) in [4.78, 5) is 34.3. The second-order valence-corrected chi connectivity index (χ2v) is 5.10. The zero-order valence-corrected chi connectivity index (χ0v) is 13.0. The van der Waals surface area contributed by atoms with Crippen LogP contribution in [0.3, 0.4) is 0 Å². The van der Waals surface area contributed by atoms with Crippen molar-refractivity contribution < 1.29 is 14.4 Å². The molecule has 0 aromatic carbocycles. The second kappa shape index (κ2) is 10.7. The van der Waals surface area contributed by atoms with Crippen molar-refractivity contribution in [3.05, 3.63) is 0 Å². The first-order valence-corrected chi connectivity index (χ1v) is 7.49. The molecule has 4 N–H and O–H groups in total. The minimum Gasteiger partial charge on any atom is -0.346 e. The highest BCUT2D eigenvalue weighted by Crippen LogP contribution is 2.01. The van der Waals surface area contributed by atoms with E-state index >= 15 is 0 Å². The minimum atomic E-state index is -0.624. The molecule has 6 nitrogen and oxygen atoms in total. The number of amides is 2. The summed E-state index contributed by atoms with van der Waals surface area (Å²) in [6, 6.07) is -1.22. The molecule has 0 bridgehead atoms. The molecule has 0 fully saturated rings. The highest BCUT2D eigenvalue weighted by atomic mass is 32.1. The van der Waals surface area contributed by atoms with Gasteiger partial charge >= 0.3 is 0 Å². The van der Waals surface area contributed by atoms with Gasteiger partial charge in [0.05, 0.1) is 18.6 Å². The van der Waals surface area contributed by atoms with Crippen molar-refractivity contribution in [3.63, 3.8) is 0 Å². The van der Waals surface area contributed by atoms with Crippen LogP contribution in [0, 0.1) is 0 Å². The number of ketones is 1. The van der Waals surface area contributed by atoms with Gasteiger partial charge in [0.25, 0.3) is 0 Å². The molecule has 0 aromatic heterocycles. The predicted molar refractivity (Wildman–Crippen MR) is 81.6 cm³/mol. The molecule has 116 valence electrons. The third-order valence-electron chi connectivity index (χ3n) is 2.89. The summed E-state index contributed by atoms with van der Waals surface area (Å²) < 4.78 is 0. The molecular formula is C13H25N3O3S. The third-order valence-corrected chi connectivity index (χ3v) is 3.25. The number of Topliss-reactive ketones (excluding diaryl/α,β-unsaturated/α-hetero) is 1. The standard InChI is InChI=1S/C13H25N3O3S/c1-3-4-5-6-10(14)13(19)15-7-12(18)16-11(8-20)9(2)17/h10-11,20H,3-8,14H2,1-2H3,(H,15,19)(H,16,18). The Morgan fingerprint density at radius 1 is 1.25 bits per heavy atom. The summed E-state index contributed by atoms with van der Waals surface area (Å²) in [6.07, 6.45) is 3.59. The Morgan fingerprint density at radius 3 is 2.40 bits per heavy atom. The Labute approximate surface area is 125 Å². The van der Waals surface area contributed by atoms with Gasteiger partial charge in [-0.05, 0) is 13.3 Å². The molecule has 0 rings (SSSR count). The van der Waals surface area contributed by atoms with E-state index in [0.29, 0.717) is 6.42 Å². The van der Waals surface area contributed by atoms with E-state index in [1.165, 1.54) is 6.92 Å². The van der Waals surface area contributed by atoms with E-state index < -0.39 is 18.0 Å².